The molecule has 4 nitrogen and oxygen atoms in total. The molecule has 0 amide bonds. The summed E-state index contributed by atoms with van der Waals surface area (Å²) in [6.45, 7) is 5.81. The zero-order chi connectivity index (χ0) is 14.0. The van der Waals surface area contributed by atoms with Gasteiger partial charge in [-0.2, -0.15) is 0 Å². The Kier molecular flexibility index (Phi) is 4.76. The van der Waals surface area contributed by atoms with Crippen LogP contribution in [0.5, 0.6) is 0 Å². The molecule has 2 heterocycles. The molecule has 0 bridgehead atoms. The molecular formula is C13H21N3OS2. The summed E-state index contributed by atoms with van der Waals surface area (Å²) < 4.78 is 0. The molecule has 1 aromatic rings. The molecule has 1 aromatic heterocycles. The number of carbonyl (C=O) groups is 1. The highest BCUT2D eigenvalue weighted by Gasteiger charge is 2.23. The Hall–Kier alpha value is -0.720. The van der Waals surface area contributed by atoms with Crippen LogP contribution >= 0.6 is 23.1 Å². The number of thioether (sulfide) groups is 1. The van der Waals surface area contributed by atoms with E-state index in [2.05, 4.69) is 16.8 Å². The van der Waals surface area contributed by atoms with Crippen LogP contribution in [0.15, 0.2) is 4.90 Å². The number of likely N-dealkylation sites (N-methyl/N-ethyl adjacent to an activating group) is 1. The minimum Gasteiger partial charge on any atom is -0.396 e. The number of rotatable bonds is 3. The average Bonchev–Trinajstić information content (AvgIpc) is 2.54. The van der Waals surface area contributed by atoms with Crippen molar-refractivity contribution in [2.45, 2.75) is 18.2 Å². The summed E-state index contributed by atoms with van der Waals surface area (Å²) >= 11 is 3.19. The van der Waals surface area contributed by atoms with E-state index in [1.54, 1.807) is 30.0 Å². The lowest BCUT2D eigenvalue weighted by atomic mass is 10.3. The molecule has 0 aromatic carbocycles. The van der Waals surface area contributed by atoms with Crippen LogP contribution in [0, 0.1) is 0 Å². The van der Waals surface area contributed by atoms with Crippen molar-refractivity contribution < 1.29 is 4.79 Å². The Morgan fingerprint density at radius 3 is 2.68 bits per heavy atom. The highest BCUT2D eigenvalue weighted by atomic mass is 32.2. The smallest absolute Gasteiger partial charge is 0.171 e. The first-order valence-corrected chi connectivity index (χ1v) is 8.49. The van der Waals surface area contributed by atoms with Gasteiger partial charge in [-0.3, -0.25) is 4.79 Å². The molecule has 2 N–H and O–H groups in total. The number of hydrogen-bond donors (Lipinski definition) is 1. The number of nitrogens with two attached hydrogens (primary N) is 1. The van der Waals surface area contributed by atoms with Gasteiger partial charge in [-0.05, 0) is 26.3 Å². The SMILES string of the molecule is CSc1c(N2CCCN(C)CC2)sc(C(C)=O)c1N. The Morgan fingerprint density at radius 2 is 2.05 bits per heavy atom. The van der Waals surface area contributed by atoms with Crippen molar-refractivity contribution in [2.75, 3.05) is 50.1 Å². The average molecular weight is 299 g/mol. The topological polar surface area (TPSA) is 49.6 Å². The van der Waals surface area contributed by atoms with Gasteiger partial charge in [-0.15, -0.1) is 23.1 Å². The minimum absolute atomic E-state index is 0.0657. The second-order valence-electron chi connectivity index (χ2n) is 4.88. The highest BCUT2D eigenvalue weighted by molar-refractivity contribution is 7.99. The number of nitrogen functional groups attached to an aromatic ring is 1. The van der Waals surface area contributed by atoms with Crippen LogP contribution in [0.1, 0.15) is 23.0 Å². The van der Waals surface area contributed by atoms with Crippen molar-refractivity contribution >= 4 is 39.6 Å². The van der Waals surface area contributed by atoms with E-state index in [1.807, 2.05) is 6.26 Å². The molecule has 0 radical (unpaired) electrons. The molecule has 0 unspecified atom stereocenters. The van der Waals surface area contributed by atoms with Gasteiger partial charge in [0.1, 0.15) is 5.00 Å². The van der Waals surface area contributed by atoms with Gasteiger partial charge < -0.3 is 15.5 Å². The summed E-state index contributed by atoms with van der Waals surface area (Å²) in [5.74, 6) is 0.0657. The largest absolute Gasteiger partial charge is 0.396 e. The van der Waals surface area contributed by atoms with Crippen LogP contribution in [-0.4, -0.2) is 50.2 Å². The van der Waals surface area contributed by atoms with Gasteiger partial charge in [-0.1, -0.05) is 0 Å². The molecule has 106 valence electrons. The highest BCUT2D eigenvalue weighted by Crippen LogP contribution is 2.44. The monoisotopic (exact) mass is 299 g/mol. The molecule has 1 aliphatic rings. The Balaban J connectivity index is 2.32. The Labute approximate surface area is 122 Å². The van der Waals surface area contributed by atoms with Gasteiger partial charge in [0.05, 0.1) is 15.5 Å². The third-order valence-electron chi connectivity index (χ3n) is 3.41. The summed E-state index contributed by atoms with van der Waals surface area (Å²) in [5, 5.41) is 1.17. The van der Waals surface area contributed by atoms with Crippen LogP contribution < -0.4 is 10.6 Å². The fraction of sp³-hybridized carbons (Fsp3) is 0.615. The van der Waals surface area contributed by atoms with E-state index in [4.69, 9.17) is 5.73 Å². The van der Waals surface area contributed by atoms with Crippen molar-refractivity contribution in [1.29, 1.82) is 0 Å². The van der Waals surface area contributed by atoms with Crippen molar-refractivity contribution in [2.24, 2.45) is 0 Å². The second-order valence-corrected chi connectivity index (χ2v) is 6.70. The first-order valence-electron chi connectivity index (χ1n) is 6.45. The van der Waals surface area contributed by atoms with Crippen molar-refractivity contribution in [3.63, 3.8) is 0 Å². The van der Waals surface area contributed by atoms with Crippen LogP contribution in [-0.2, 0) is 0 Å². The Morgan fingerprint density at radius 1 is 1.32 bits per heavy atom. The van der Waals surface area contributed by atoms with Gasteiger partial charge in [0.25, 0.3) is 0 Å². The number of hydrogen-bond acceptors (Lipinski definition) is 6. The first kappa shape index (κ1) is 14.7. The molecule has 0 saturated carbocycles. The van der Waals surface area contributed by atoms with E-state index >= 15 is 0 Å². The fourth-order valence-corrected chi connectivity index (χ4v) is 4.46. The number of ketones is 1. The molecule has 0 spiro atoms. The van der Waals surface area contributed by atoms with Gasteiger partial charge in [0.15, 0.2) is 5.78 Å². The molecule has 1 fully saturated rings. The lowest BCUT2D eigenvalue weighted by molar-refractivity contribution is 0.102. The number of anilines is 2. The zero-order valence-corrected chi connectivity index (χ0v) is 13.4. The lowest BCUT2D eigenvalue weighted by Crippen LogP contribution is -2.28. The maximum Gasteiger partial charge on any atom is 0.171 e. The van der Waals surface area contributed by atoms with Crippen LogP contribution in [0.25, 0.3) is 0 Å². The van der Waals surface area contributed by atoms with Gasteiger partial charge >= 0.3 is 0 Å². The molecule has 6 heteroatoms. The van der Waals surface area contributed by atoms with Crippen LogP contribution in [0.3, 0.4) is 0 Å². The molecule has 1 saturated heterocycles. The maximum absolute atomic E-state index is 11.6. The normalized spacial score (nSPS) is 17.5. The molecule has 0 aliphatic carbocycles. The van der Waals surface area contributed by atoms with E-state index in [0.29, 0.717) is 10.6 Å². The van der Waals surface area contributed by atoms with E-state index in [-0.39, 0.29) is 5.78 Å². The van der Waals surface area contributed by atoms with E-state index < -0.39 is 0 Å². The van der Waals surface area contributed by atoms with Gasteiger partial charge in [-0.25, -0.2) is 0 Å². The van der Waals surface area contributed by atoms with Crippen molar-refractivity contribution in [3.05, 3.63) is 4.88 Å². The molecule has 0 atom stereocenters. The molecule has 19 heavy (non-hydrogen) atoms. The lowest BCUT2D eigenvalue weighted by Gasteiger charge is -2.22. The zero-order valence-electron chi connectivity index (χ0n) is 11.7. The van der Waals surface area contributed by atoms with Crippen LogP contribution in [0.2, 0.25) is 0 Å². The second kappa shape index (κ2) is 6.15. The third kappa shape index (κ3) is 3.07. The summed E-state index contributed by atoms with van der Waals surface area (Å²) in [7, 11) is 2.16. The standard InChI is InChI=1S/C13H21N3OS2/c1-9(17)11-10(14)12(18-3)13(19-11)16-6-4-5-15(2)7-8-16/h4-8,14H2,1-3H3. The number of carbonyl (C=O) groups excluding carboxylic acids is 1. The predicted molar refractivity (Wildman–Crippen MR) is 84.8 cm³/mol. The number of nitrogens with zero attached hydrogens (tertiary/aromatic N) is 2. The van der Waals surface area contributed by atoms with Gasteiger partial charge in [0, 0.05) is 26.6 Å². The summed E-state index contributed by atoms with van der Waals surface area (Å²) in [4.78, 5) is 18.1. The quantitative estimate of drug-likeness (QED) is 0.686. The summed E-state index contributed by atoms with van der Waals surface area (Å²) in [5.41, 5.74) is 6.78. The molecule has 1 aliphatic heterocycles. The van der Waals surface area contributed by atoms with E-state index in [9.17, 15) is 4.79 Å². The minimum atomic E-state index is 0.0657. The summed E-state index contributed by atoms with van der Waals surface area (Å²) in [6.07, 6.45) is 3.17. The first-order chi connectivity index (χ1) is 9.04. The number of thiophene rings is 1. The van der Waals surface area contributed by atoms with E-state index in [1.165, 1.54) is 5.00 Å². The number of Topliss-reactive ketones (excluding diaryl/α,β-unsaturated/α-hetero) is 1. The summed E-state index contributed by atoms with van der Waals surface area (Å²) in [6, 6.07) is 0. The predicted octanol–water partition coefficient (Wildman–Crippen LogP) is 2.40. The van der Waals surface area contributed by atoms with Crippen molar-refractivity contribution in [1.82, 2.24) is 4.90 Å². The third-order valence-corrected chi connectivity index (χ3v) is 5.73. The van der Waals surface area contributed by atoms with Crippen molar-refractivity contribution in [3.8, 4) is 0 Å². The van der Waals surface area contributed by atoms with Crippen LogP contribution in [0.4, 0.5) is 10.7 Å². The molecule has 2 rings (SSSR count). The van der Waals surface area contributed by atoms with Gasteiger partial charge in [0.2, 0.25) is 0 Å². The molecular weight excluding hydrogens is 278 g/mol. The van der Waals surface area contributed by atoms with E-state index in [0.717, 1.165) is 37.5 Å². The fourth-order valence-electron chi connectivity index (χ4n) is 2.33. The maximum atomic E-state index is 11.6. The Bertz CT molecular complexity index is 473.